The van der Waals surface area contributed by atoms with Gasteiger partial charge in [0.1, 0.15) is 12.4 Å². The maximum atomic E-state index is 9.01. The van der Waals surface area contributed by atoms with Gasteiger partial charge in [0.2, 0.25) is 0 Å². The zero-order valence-electron chi connectivity index (χ0n) is 7.40. The van der Waals surface area contributed by atoms with Crippen molar-refractivity contribution in [2.75, 3.05) is 0 Å². The van der Waals surface area contributed by atoms with Gasteiger partial charge < -0.3 is 9.52 Å². The predicted octanol–water partition coefficient (Wildman–Crippen LogP) is 3.09. The molecule has 1 heterocycles. The number of aliphatic hydroxyl groups is 1. The summed E-state index contributed by atoms with van der Waals surface area (Å²) in [6.07, 6.45) is 1.56. The van der Waals surface area contributed by atoms with E-state index >= 15 is 0 Å². The Bertz CT molecular complexity index is 434. The second kappa shape index (κ2) is 3.86. The summed E-state index contributed by atoms with van der Waals surface area (Å²) < 4.78 is 5.11. The normalized spacial score (nSPS) is 10.4. The smallest absolute Gasteiger partial charge is 0.136 e. The fraction of sp³-hybridized carbons (Fsp3) is 0.0909. The summed E-state index contributed by atoms with van der Waals surface area (Å²) >= 11 is 5.86. The molecule has 0 aliphatic heterocycles. The van der Waals surface area contributed by atoms with Crippen LogP contribution in [0.3, 0.4) is 0 Å². The SMILES string of the molecule is OCc1occc1-c1cccc(Cl)c1. The Labute approximate surface area is 86.7 Å². The minimum absolute atomic E-state index is 0.102. The van der Waals surface area contributed by atoms with Crippen molar-refractivity contribution in [3.8, 4) is 11.1 Å². The molecule has 2 aromatic rings. The molecule has 0 saturated heterocycles. The highest BCUT2D eigenvalue weighted by Crippen LogP contribution is 2.26. The van der Waals surface area contributed by atoms with E-state index in [-0.39, 0.29) is 6.61 Å². The van der Waals surface area contributed by atoms with Crippen molar-refractivity contribution in [3.63, 3.8) is 0 Å². The van der Waals surface area contributed by atoms with Crippen LogP contribution in [0.5, 0.6) is 0 Å². The van der Waals surface area contributed by atoms with E-state index in [9.17, 15) is 0 Å². The lowest BCUT2D eigenvalue weighted by Gasteiger charge is -2.00. The van der Waals surface area contributed by atoms with E-state index in [4.69, 9.17) is 21.1 Å². The molecule has 2 rings (SSSR count). The Hall–Kier alpha value is -1.25. The lowest BCUT2D eigenvalue weighted by Crippen LogP contribution is -1.83. The predicted molar refractivity (Wildman–Crippen MR) is 55.1 cm³/mol. The highest BCUT2D eigenvalue weighted by atomic mass is 35.5. The number of halogens is 1. The summed E-state index contributed by atoms with van der Waals surface area (Å²) in [4.78, 5) is 0. The van der Waals surface area contributed by atoms with Gasteiger partial charge in [0.15, 0.2) is 0 Å². The van der Waals surface area contributed by atoms with E-state index in [2.05, 4.69) is 0 Å². The second-order valence-corrected chi connectivity index (χ2v) is 3.36. The Morgan fingerprint density at radius 2 is 2.14 bits per heavy atom. The van der Waals surface area contributed by atoms with E-state index in [1.54, 1.807) is 6.26 Å². The zero-order chi connectivity index (χ0) is 9.97. The van der Waals surface area contributed by atoms with Crippen molar-refractivity contribution < 1.29 is 9.52 Å². The van der Waals surface area contributed by atoms with E-state index in [0.29, 0.717) is 10.8 Å². The van der Waals surface area contributed by atoms with Crippen molar-refractivity contribution in [1.82, 2.24) is 0 Å². The van der Waals surface area contributed by atoms with Crippen molar-refractivity contribution in [1.29, 1.82) is 0 Å². The van der Waals surface area contributed by atoms with Crippen molar-refractivity contribution in [3.05, 3.63) is 47.4 Å². The lowest BCUT2D eigenvalue weighted by atomic mass is 10.1. The zero-order valence-corrected chi connectivity index (χ0v) is 8.16. The van der Waals surface area contributed by atoms with Crippen LogP contribution in [0.4, 0.5) is 0 Å². The number of benzene rings is 1. The lowest BCUT2D eigenvalue weighted by molar-refractivity contribution is 0.248. The van der Waals surface area contributed by atoms with E-state index in [1.165, 1.54) is 0 Å². The standard InChI is InChI=1S/C11H9ClO2/c12-9-3-1-2-8(6-9)10-4-5-14-11(10)7-13/h1-6,13H,7H2. The second-order valence-electron chi connectivity index (χ2n) is 2.93. The van der Waals surface area contributed by atoms with Crippen LogP contribution in [0.2, 0.25) is 5.02 Å². The summed E-state index contributed by atoms with van der Waals surface area (Å²) in [5.41, 5.74) is 1.84. The van der Waals surface area contributed by atoms with Crippen LogP contribution in [0.15, 0.2) is 41.0 Å². The summed E-state index contributed by atoms with van der Waals surface area (Å²) in [7, 11) is 0. The Morgan fingerprint density at radius 1 is 1.29 bits per heavy atom. The fourth-order valence-corrected chi connectivity index (χ4v) is 1.57. The van der Waals surface area contributed by atoms with Gasteiger partial charge in [-0.15, -0.1) is 0 Å². The largest absolute Gasteiger partial charge is 0.466 e. The number of hydrogen-bond donors (Lipinski definition) is 1. The molecule has 3 heteroatoms. The first kappa shape index (κ1) is 9.31. The van der Waals surface area contributed by atoms with Crippen LogP contribution in [-0.2, 0) is 6.61 Å². The van der Waals surface area contributed by atoms with Crippen molar-refractivity contribution >= 4 is 11.6 Å². The van der Waals surface area contributed by atoms with Crippen LogP contribution in [0.1, 0.15) is 5.76 Å². The highest BCUT2D eigenvalue weighted by molar-refractivity contribution is 6.30. The highest BCUT2D eigenvalue weighted by Gasteiger charge is 2.07. The molecule has 1 aromatic carbocycles. The molecule has 2 nitrogen and oxygen atoms in total. The van der Waals surface area contributed by atoms with Gasteiger partial charge >= 0.3 is 0 Å². The molecule has 0 aliphatic rings. The van der Waals surface area contributed by atoms with Crippen molar-refractivity contribution in [2.45, 2.75) is 6.61 Å². The number of hydrogen-bond acceptors (Lipinski definition) is 2. The summed E-state index contributed by atoms with van der Waals surface area (Å²) in [6.45, 7) is -0.102. The van der Waals surface area contributed by atoms with Gasteiger partial charge in [-0.25, -0.2) is 0 Å². The number of rotatable bonds is 2. The Kier molecular flexibility index (Phi) is 2.57. The van der Waals surface area contributed by atoms with Gasteiger partial charge in [0.05, 0.1) is 6.26 Å². The fourth-order valence-electron chi connectivity index (χ4n) is 1.38. The third-order valence-corrected chi connectivity index (χ3v) is 2.26. The minimum Gasteiger partial charge on any atom is -0.466 e. The molecule has 72 valence electrons. The van der Waals surface area contributed by atoms with Crippen LogP contribution in [0, 0.1) is 0 Å². The summed E-state index contributed by atoms with van der Waals surface area (Å²) in [6, 6.07) is 9.26. The summed E-state index contributed by atoms with van der Waals surface area (Å²) in [5, 5.41) is 9.68. The first-order valence-corrected chi connectivity index (χ1v) is 4.62. The molecule has 1 aromatic heterocycles. The molecule has 0 atom stereocenters. The van der Waals surface area contributed by atoms with Gasteiger partial charge in [0, 0.05) is 10.6 Å². The number of furan rings is 1. The molecular weight excluding hydrogens is 200 g/mol. The molecule has 0 spiro atoms. The van der Waals surface area contributed by atoms with Crippen LogP contribution < -0.4 is 0 Å². The molecular formula is C11H9ClO2. The molecule has 0 bridgehead atoms. The molecule has 0 aliphatic carbocycles. The van der Waals surface area contributed by atoms with Gasteiger partial charge in [-0.05, 0) is 23.8 Å². The molecule has 0 fully saturated rings. The van der Waals surface area contributed by atoms with Gasteiger partial charge in [-0.3, -0.25) is 0 Å². The molecule has 0 amide bonds. The van der Waals surface area contributed by atoms with Gasteiger partial charge in [-0.1, -0.05) is 23.7 Å². The number of aliphatic hydroxyl groups excluding tert-OH is 1. The van der Waals surface area contributed by atoms with Gasteiger partial charge in [-0.2, -0.15) is 0 Å². The van der Waals surface area contributed by atoms with E-state index < -0.39 is 0 Å². The van der Waals surface area contributed by atoms with Crippen LogP contribution in [0.25, 0.3) is 11.1 Å². The van der Waals surface area contributed by atoms with Crippen molar-refractivity contribution in [2.24, 2.45) is 0 Å². The quantitative estimate of drug-likeness (QED) is 0.823. The Balaban J connectivity index is 2.49. The topological polar surface area (TPSA) is 33.4 Å². The maximum absolute atomic E-state index is 9.01. The Morgan fingerprint density at radius 3 is 2.86 bits per heavy atom. The monoisotopic (exact) mass is 208 g/mol. The summed E-state index contributed by atoms with van der Waals surface area (Å²) in [5.74, 6) is 0.562. The van der Waals surface area contributed by atoms with Crippen LogP contribution >= 0.6 is 11.6 Å². The third kappa shape index (κ3) is 1.67. The molecule has 0 radical (unpaired) electrons. The molecule has 0 unspecified atom stereocenters. The van der Waals surface area contributed by atoms with Crippen LogP contribution in [-0.4, -0.2) is 5.11 Å². The average Bonchev–Trinajstić information content (AvgIpc) is 2.65. The maximum Gasteiger partial charge on any atom is 0.136 e. The first-order valence-electron chi connectivity index (χ1n) is 4.24. The average molecular weight is 209 g/mol. The van der Waals surface area contributed by atoms with E-state index in [1.807, 2.05) is 30.3 Å². The first-order chi connectivity index (χ1) is 6.81. The molecule has 14 heavy (non-hydrogen) atoms. The minimum atomic E-state index is -0.102. The van der Waals surface area contributed by atoms with Gasteiger partial charge in [0.25, 0.3) is 0 Å². The third-order valence-electron chi connectivity index (χ3n) is 2.02. The molecule has 0 saturated carbocycles. The molecule has 1 N–H and O–H groups in total. The van der Waals surface area contributed by atoms with E-state index in [0.717, 1.165) is 11.1 Å².